The average Bonchev–Trinajstić information content (AvgIpc) is 2.51. The fourth-order valence-electron chi connectivity index (χ4n) is 2.87. The van der Waals surface area contributed by atoms with Crippen LogP contribution in [0.25, 0.3) is 10.9 Å². The van der Waals surface area contributed by atoms with E-state index in [0.29, 0.717) is 15.9 Å². The number of nitrogens with one attached hydrogen (secondary N) is 1. The van der Waals surface area contributed by atoms with Crippen LogP contribution in [0.15, 0.2) is 23.0 Å². The molecule has 0 spiro atoms. The van der Waals surface area contributed by atoms with Crippen molar-refractivity contribution in [2.75, 3.05) is 26.2 Å². The number of fused-ring (bicyclic) bond motifs is 1. The van der Waals surface area contributed by atoms with Crippen molar-refractivity contribution in [2.24, 2.45) is 7.05 Å². The summed E-state index contributed by atoms with van der Waals surface area (Å²) in [5.41, 5.74) is 0.666. The quantitative estimate of drug-likeness (QED) is 0.915. The normalized spacial score (nSPS) is 18.0. The fourth-order valence-corrected chi connectivity index (χ4v) is 3.04. The predicted molar refractivity (Wildman–Crippen MR) is 84.9 cm³/mol. The molecule has 2 heterocycles. The summed E-state index contributed by atoms with van der Waals surface area (Å²) in [5, 5.41) is 4.47. The SMILES string of the molecule is C[C@@H](c1nc2ccc(Cl)cc2c(=O)n1C)N1CCNCC1. The van der Waals surface area contributed by atoms with Gasteiger partial charge in [-0.25, -0.2) is 4.98 Å². The summed E-state index contributed by atoms with van der Waals surface area (Å²) < 4.78 is 1.64. The van der Waals surface area contributed by atoms with Crippen LogP contribution in [0.2, 0.25) is 5.02 Å². The highest BCUT2D eigenvalue weighted by Gasteiger charge is 2.22. The Bertz CT molecular complexity index is 721. The molecule has 5 nitrogen and oxygen atoms in total. The number of piperazine rings is 1. The van der Waals surface area contributed by atoms with Crippen molar-refractivity contribution in [3.8, 4) is 0 Å². The summed E-state index contributed by atoms with van der Waals surface area (Å²) in [6.45, 7) is 5.99. The van der Waals surface area contributed by atoms with Crippen molar-refractivity contribution in [3.05, 3.63) is 39.4 Å². The minimum atomic E-state index is -0.0421. The Balaban J connectivity index is 2.08. The molecule has 0 radical (unpaired) electrons. The van der Waals surface area contributed by atoms with Crippen LogP contribution in [0, 0.1) is 0 Å². The number of rotatable bonds is 2. The maximum Gasteiger partial charge on any atom is 0.261 e. The van der Waals surface area contributed by atoms with Gasteiger partial charge in [0.05, 0.1) is 16.9 Å². The van der Waals surface area contributed by atoms with Gasteiger partial charge in [0, 0.05) is 38.2 Å². The van der Waals surface area contributed by atoms with Crippen LogP contribution in [-0.2, 0) is 7.05 Å². The molecule has 1 N–H and O–H groups in total. The van der Waals surface area contributed by atoms with E-state index in [4.69, 9.17) is 16.6 Å². The van der Waals surface area contributed by atoms with Gasteiger partial charge in [-0.3, -0.25) is 14.3 Å². The Hall–Kier alpha value is -1.43. The van der Waals surface area contributed by atoms with Gasteiger partial charge in [-0.1, -0.05) is 11.6 Å². The van der Waals surface area contributed by atoms with Crippen molar-refractivity contribution >= 4 is 22.5 Å². The highest BCUT2D eigenvalue weighted by Crippen LogP contribution is 2.21. The zero-order chi connectivity index (χ0) is 15.0. The Morgan fingerprint density at radius 3 is 2.76 bits per heavy atom. The molecule has 0 amide bonds. The van der Waals surface area contributed by atoms with E-state index in [2.05, 4.69) is 17.1 Å². The molecule has 1 aliphatic heterocycles. The van der Waals surface area contributed by atoms with E-state index in [0.717, 1.165) is 32.0 Å². The molecular weight excluding hydrogens is 288 g/mol. The molecule has 1 fully saturated rings. The number of aromatic nitrogens is 2. The number of hydrogen-bond acceptors (Lipinski definition) is 4. The number of benzene rings is 1. The molecule has 0 aliphatic carbocycles. The first-order valence-electron chi connectivity index (χ1n) is 7.19. The zero-order valence-electron chi connectivity index (χ0n) is 12.3. The Labute approximate surface area is 128 Å². The lowest BCUT2D eigenvalue weighted by atomic mass is 10.2. The van der Waals surface area contributed by atoms with E-state index in [9.17, 15) is 4.79 Å². The van der Waals surface area contributed by atoms with Gasteiger partial charge in [0.2, 0.25) is 0 Å². The maximum atomic E-state index is 12.5. The second kappa shape index (κ2) is 5.75. The molecule has 1 aromatic heterocycles. The zero-order valence-corrected chi connectivity index (χ0v) is 13.0. The van der Waals surface area contributed by atoms with Gasteiger partial charge >= 0.3 is 0 Å². The molecule has 0 unspecified atom stereocenters. The highest BCUT2D eigenvalue weighted by atomic mass is 35.5. The molecule has 0 saturated carbocycles. The van der Waals surface area contributed by atoms with Crippen LogP contribution >= 0.6 is 11.6 Å². The van der Waals surface area contributed by atoms with Gasteiger partial charge in [-0.2, -0.15) is 0 Å². The monoisotopic (exact) mass is 306 g/mol. The van der Waals surface area contributed by atoms with Crippen LogP contribution in [0.3, 0.4) is 0 Å². The van der Waals surface area contributed by atoms with Crippen LogP contribution in [0.1, 0.15) is 18.8 Å². The lowest BCUT2D eigenvalue weighted by Crippen LogP contribution is -2.45. The average molecular weight is 307 g/mol. The largest absolute Gasteiger partial charge is 0.314 e. The summed E-state index contributed by atoms with van der Waals surface area (Å²) in [6, 6.07) is 5.39. The predicted octanol–water partition coefficient (Wildman–Crippen LogP) is 1.55. The van der Waals surface area contributed by atoms with Gasteiger partial charge in [0.25, 0.3) is 5.56 Å². The van der Waals surface area contributed by atoms with Crippen LogP contribution in [-0.4, -0.2) is 40.6 Å². The summed E-state index contributed by atoms with van der Waals surface area (Å²) in [7, 11) is 1.78. The van der Waals surface area contributed by atoms with Crippen molar-refractivity contribution in [1.29, 1.82) is 0 Å². The topological polar surface area (TPSA) is 50.2 Å². The van der Waals surface area contributed by atoms with E-state index in [1.54, 1.807) is 23.7 Å². The molecule has 0 bridgehead atoms. The van der Waals surface area contributed by atoms with E-state index < -0.39 is 0 Å². The lowest BCUT2D eigenvalue weighted by molar-refractivity contribution is 0.176. The molecule has 2 aromatic rings. The number of hydrogen-bond donors (Lipinski definition) is 1. The first-order valence-corrected chi connectivity index (χ1v) is 7.56. The Morgan fingerprint density at radius 2 is 2.05 bits per heavy atom. The van der Waals surface area contributed by atoms with Crippen molar-refractivity contribution < 1.29 is 0 Å². The number of halogens is 1. The summed E-state index contributed by atoms with van der Waals surface area (Å²) >= 11 is 5.98. The van der Waals surface area contributed by atoms with Crippen molar-refractivity contribution in [2.45, 2.75) is 13.0 Å². The van der Waals surface area contributed by atoms with Crippen molar-refractivity contribution in [3.63, 3.8) is 0 Å². The molecular formula is C15H19ClN4O. The molecule has 1 aromatic carbocycles. The second-order valence-electron chi connectivity index (χ2n) is 5.46. The maximum absolute atomic E-state index is 12.5. The summed E-state index contributed by atoms with van der Waals surface area (Å²) in [5.74, 6) is 0.803. The van der Waals surface area contributed by atoms with Crippen LogP contribution < -0.4 is 10.9 Å². The third kappa shape index (κ3) is 2.69. The third-order valence-electron chi connectivity index (χ3n) is 4.15. The van der Waals surface area contributed by atoms with Gasteiger partial charge < -0.3 is 5.32 Å². The molecule has 1 saturated heterocycles. The molecule has 1 aliphatic rings. The van der Waals surface area contributed by atoms with E-state index in [1.165, 1.54) is 0 Å². The van der Waals surface area contributed by atoms with Gasteiger partial charge in [0.1, 0.15) is 5.82 Å². The smallest absolute Gasteiger partial charge is 0.261 e. The minimum absolute atomic E-state index is 0.0421. The van der Waals surface area contributed by atoms with Gasteiger partial charge in [-0.15, -0.1) is 0 Å². The van der Waals surface area contributed by atoms with Crippen molar-refractivity contribution in [1.82, 2.24) is 19.8 Å². The van der Waals surface area contributed by atoms with E-state index in [-0.39, 0.29) is 11.6 Å². The molecule has 6 heteroatoms. The number of nitrogens with zero attached hydrogens (tertiary/aromatic N) is 3. The van der Waals surface area contributed by atoms with Crippen LogP contribution in [0.5, 0.6) is 0 Å². The molecule has 1 atom stereocenters. The molecule has 112 valence electrons. The lowest BCUT2D eigenvalue weighted by Gasteiger charge is -2.33. The Kier molecular flexibility index (Phi) is 3.97. The molecule has 3 rings (SSSR count). The summed E-state index contributed by atoms with van der Waals surface area (Å²) in [4.78, 5) is 19.6. The second-order valence-corrected chi connectivity index (χ2v) is 5.89. The van der Waals surface area contributed by atoms with E-state index in [1.807, 2.05) is 6.07 Å². The van der Waals surface area contributed by atoms with E-state index >= 15 is 0 Å². The molecule has 21 heavy (non-hydrogen) atoms. The van der Waals surface area contributed by atoms with Crippen LogP contribution in [0.4, 0.5) is 0 Å². The summed E-state index contributed by atoms with van der Waals surface area (Å²) in [6.07, 6.45) is 0. The first kappa shape index (κ1) is 14.5. The van der Waals surface area contributed by atoms with Gasteiger partial charge in [-0.05, 0) is 25.1 Å². The fraction of sp³-hybridized carbons (Fsp3) is 0.467. The third-order valence-corrected chi connectivity index (χ3v) is 4.38. The standard InChI is InChI=1S/C15H19ClN4O/c1-10(20-7-5-17-6-8-20)14-18-13-4-3-11(16)9-12(13)15(21)19(14)2/h3-4,9-10,17H,5-8H2,1-2H3/t10-/m0/s1. The van der Waals surface area contributed by atoms with Gasteiger partial charge in [0.15, 0.2) is 0 Å². The first-order chi connectivity index (χ1) is 10.1. The Morgan fingerprint density at radius 1 is 1.33 bits per heavy atom. The highest BCUT2D eigenvalue weighted by molar-refractivity contribution is 6.31. The minimum Gasteiger partial charge on any atom is -0.314 e.